The number of aromatic amines is 1. The molecule has 0 aliphatic heterocycles. The molecule has 0 aliphatic rings. The normalized spacial score (nSPS) is 11.1. The van der Waals surface area contributed by atoms with E-state index >= 15 is 0 Å². The predicted molar refractivity (Wildman–Crippen MR) is 108 cm³/mol. The molecule has 1 heterocycles. The van der Waals surface area contributed by atoms with Crippen molar-refractivity contribution in [1.29, 1.82) is 0 Å². The molecule has 28 heavy (non-hydrogen) atoms. The van der Waals surface area contributed by atoms with Crippen LogP contribution in [0.2, 0.25) is 0 Å². The lowest BCUT2D eigenvalue weighted by Gasteiger charge is -2.21. The number of hydrogen-bond acceptors (Lipinski definition) is 4. The molecule has 3 rings (SSSR count). The van der Waals surface area contributed by atoms with Crippen LogP contribution in [0.4, 0.5) is 10.1 Å². The van der Waals surface area contributed by atoms with Crippen LogP contribution in [0.3, 0.4) is 0 Å². The van der Waals surface area contributed by atoms with Crippen molar-refractivity contribution in [2.45, 2.75) is 26.3 Å². The zero-order chi connectivity index (χ0) is 19.9. The maximum absolute atomic E-state index is 13.0. The number of halogens is 1. The summed E-state index contributed by atoms with van der Waals surface area (Å²) >= 11 is 0. The van der Waals surface area contributed by atoms with Crippen molar-refractivity contribution in [2.24, 2.45) is 0 Å². The van der Waals surface area contributed by atoms with Gasteiger partial charge in [-0.05, 0) is 49.4 Å². The first-order chi connectivity index (χ1) is 13.5. The highest BCUT2D eigenvalue weighted by molar-refractivity contribution is 5.92. The number of unbranched alkanes of at least 4 members (excludes halogenated alkanes) is 1. The summed E-state index contributed by atoms with van der Waals surface area (Å²) in [5, 5.41) is 3.31. The summed E-state index contributed by atoms with van der Waals surface area (Å²) in [6.07, 6.45) is 1.90. The van der Waals surface area contributed by atoms with Crippen molar-refractivity contribution < 1.29 is 9.18 Å². The number of para-hydroxylation sites is 1. The molecule has 0 spiro atoms. The fraction of sp³-hybridized carbons (Fsp3) is 0.286. The summed E-state index contributed by atoms with van der Waals surface area (Å²) < 4.78 is 13.0. The highest BCUT2D eigenvalue weighted by atomic mass is 19.1. The maximum atomic E-state index is 13.0. The average Bonchev–Trinajstić information content (AvgIpc) is 2.68. The summed E-state index contributed by atoms with van der Waals surface area (Å²) in [5.41, 5.74) is 0.985. The standard InChI is InChI=1S/C21H23FN4O2/c1-2-3-12-26(14-20(27)23-16-10-8-15(22)9-11-16)13-19-24-18-7-5-4-6-17(18)21(28)25-19/h4-11H,2-3,12-14H2,1H3,(H,23,27)(H,24,25,28). The first kappa shape index (κ1) is 19.7. The minimum atomic E-state index is -0.353. The van der Waals surface area contributed by atoms with Gasteiger partial charge in [0.1, 0.15) is 11.6 Å². The number of nitrogens with zero attached hydrogens (tertiary/aromatic N) is 2. The molecule has 0 atom stereocenters. The molecule has 7 heteroatoms. The van der Waals surface area contributed by atoms with E-state index in [0.717, 1.165) is 12.8 Å². The number of benzene rings is 2. The van der Waals surface area contributed by atoms with Crippen molar-refractivity contribution >= 4 is 22.5 Å². The number of H-pyrrole nitrogens is 1. The first-order valence-electron chi connectivity index (χ1n) is 9.31. The molecule has 146 valence electrons. The molecular formula is C21H23FN4O2. The molecule has 0 fully saturated rings. The third kappa shape index (κ3) is 5.23. The Morgan fingerprint density at radius 2 is 1.93 bits per heavy atom. The SMILES string of the molecule is CCCCN(CC(=O)Nc1ccc(F)cc1)Cc1nc2ccccc2c(=O)[nH]1. The van der Waals surface area contributed by atoms with E-state index in [1.807, 2.05) is 11.0 Å². The fourth-order valence-electron chi connectivity index (χ4n) is 2.95. The van der Waals surface area contributed by atoms with Gasteiger partial charge in [0.25, 0.3) is 5.56 Å². The van der Waals surface area contributed by atoms with Gasteiger partial charge >= 0.3 is 0 Å². The van der Waals surface area contributed by atoms with Gasteiger partial charge in [0, 0.05) is 5.69 Å². The Kier molecular flexibility index (Phi) is 6.49. The van der Waals surface area contributed by atoms with E-state index in [2.05, 4.69) is 22.2 Å². The smallest absolute Gasteiger partial charge is 0.258 e. The lowest BCUT2D eigenvalue weighted by Crippen LogP contribution is -2.34. The van der Waals surface area contributed by atoms with Crippen molar-refractivity contribution in [3.63, 3.8) is 0 Å². The first-order valence-corrected chi connectivity index (χ1v) is 9.31. The summed E-state index contributed by atoms with van der Waals surface area (Å²) in [7, 11) is 0. The average molecular weight is 382 g/mol. The number of fused-ring (bicyclic) bond motifs is 1. The molecule has 0 saturated carbocycles. The van der Waals surface area contributed by atoms with Gasteiger partial charge in [0.2, 0.25) is 5.91 Å². The Hall–Kier alpha value is -3.06. The maximum Gasteiger partial charge on any atom is 0.258 e. The van der Waals surface area contributed by atoms with Crippen LogP contribution < -0.4 is 10.9 Å². The van der Waals surface area contributed by atoms with E-state index < -0.39 is 0 Å². The number of carbonyl (C=O) groups excluding carboxylic acids is 1. The van der Waals surface area contributed by atoms with Gasteiger partial charge < -0.3 is 10.3 Å². The van der Waals surface area contributed by atoms with Gasteiger partial charge in [-0.15, -0.1) is 0 Å². The molecule has 3 aromatic rings. The van der Waals surface area contributed by atoms with Gasteiger partial charge in [-0.1, -0.05) is 25.5 Å². The summed E-state index contributed by atoms with van der Waals surface area (Å²) in [6.45, 7) is 3.28. The largest absolute Gasteiger partial charge is 0.325 e. The fourth-order valence-corrected chi connectivity index (χ4v) is 2.95. The van der Waals surface area contributed by atoms with Gasteiger partial charge in [-0.2, -0.15) is 0 Å². The molecule has 6 nitrogen and oxygen atoms in total. The third-order valence-corrected chi connectivity index (χ3v) is 4.36. The number of carbonyl (C=O) groups is 1. The summed E-state index contributed by atoms with van der Waals surface area (Å²) in [6, 6.07) is 12.8. The number of hydrogen-bond donors (Lipinski definition) is 2. The quantitative estimate of drug-likeness (QED) is 0.627. The van der Waals surface area contributed by atoms with Gasteiger partial charge in [0.15, 0.2) is 0 Å². The van der Waals surface area contributed by atoms with Crippen LogP contribution in [0.25, 0.3) is 10.9 Å². The van der Waals surface area contributed by atoms with Gasteiger partial charge in [-0.3, -0.25) is 14.5 Å². The molecule has 1 aromatic heterocycles. The second-order valence-electron chi connectivity index (χ2n) is 6.65. The molecule has 0 unspecified atom stereocenters. The summed E-state index contributed by atoms with van der Waals surface area (Å²) in [4.78, 5) is 33.9. The number of aromatic nitrogens is 2. The van der Waals surface area contributed by atoms with Gasteiger partial charge in [-0.25, -0.2) is 9.37 Å². The molecule has 0 bridgehead atoms. The molecular weight excluding hydrogens is 359 g/mol. The Morgan fingerprint density at radius 1 is 1.18 bits per heavy atom. The number of amides is 1. The highest BCUT2D eigenvalue weighted by Crippen LogP contribution is 2.10. The Morgan fingerprint density at radius 3 is 2.68 bits per heavy atom. The van der Waals surface area contributed by atoms with Crippen molar-refractivity contribution in [2.75, 3.05) is 18.4 Å². The third-order valence-electron chi connectivity index (χ3n) is 4.36. The van der Waals surface area contributed by atoms with Crippen LogP contribution in [-0.2, 0) is 11.3 Å². The number of nitrogens with one attached hydrogen (secondary N) is 2. The van der Waals surface area contributed by atoms with Crippen LogP contribution in [-0.4, -0.2) is 33.9 Å². The molecule has 0 aliphatic carbocycles. The van der Waals surface area contributed by atoms with Crippen molar-refractivity contribution in [3.8, 4) is 0 Å². The molecule has 2 N–H and O–H groups in total. The van der Waals surface area contributed by atoms with E-state index in [-0.39, 0.29) is 23.8 Å². The topological polar surface area (TPSA) is 78.1 Å². The monoisotopic (exact) mass is 382 g/mol. The van der Waals surface area contributed by atoms with Crippen LogP contribution in [0.5, 0.6) is 0 Å². The molecule has 2 aromatic carbocycles. The second-order valence-corrected chi connectivity index (χ2v) is 6.65. The van der Waals surface area contributed by atoms with Crippen LogP contribution in [0.15, 0.2) is 53.3 Å². The number of rotatable bonds is 8. The zero-order valence-electron chi connectivity index (χ0n) is 15.7. The predicted octanol–water partition coefficient (Wildman–Crippen LogP) is 3.30. The lowest BCUT2D eigenvalue weighted by molar-refractivity contribution is -0.117. The minimum Gasteiger partial charge on any atom is -0.325 e. The van der Waals surface area contributed by atoms with Crippen molar-refractivity contribution in [3.05, 3.63) is 70.5 Å². The minimum absolute atomic E-state index is 0.147. The Labute approximate surface area is 162 Å². The van der Waals surface area contributed by atoms with Crippen LogP contribution in [0, 0.1) is 5.82 Å². The zero-order valence-corrected chi connectivity index (χ0v) is 15.7. The highest BCUT2D eigenvalue weighted by Gasteiger charge is 2.14. The van der Waals surface area contributed by atoms with E-state index in [4.69, 9.17) is 0 Å². The van der Waals surface area contributed by atoms with E-state index in [0.29, 0.717) is 35.5 Å². The lowest BCUT2D eigenvalue weighted by atomic mass is 10.2. The summed E-state index contributed by atoms with van der Waals surface area (Å²) in [5.74, 6) is -0.0332. The van der Waals surface area contributed by atoms with Crippen molar-refractivity contribution in [1.82, 2.24) is 14.9 Å². The van der Waals surface area contributed by atoms with Gasteiger partial charge in [0.05, 0.1) is 24.0 Å². The van der Waals surface area contributed by atoms with E-state index in [1.165, 1.54) is 24.3 Å². The van der Waals surface area contributed by atoms with Crippen LogP contribution >= 0.6 is 0 Å². The van der Waals surface area contributed by atoms with E-state index in [9.17, 15) is 14.0 Å². The van der Waals surface area contributed by atoms with Crippen LogP contribution in [0.1, 0.15) is 25.6 Å². The Bertz CT molecular complexity index is 1000. The molecule has 0 radical (unpaired) electrons. The number of anilines is 1. The van der Waals surface area contributed by atoms with E-state index in [1.54, 1.807) is 18.2 Å². The molecule has 0 saturated heterocycles. The Balaban J connectivity index is 1.72. The second kappa shape index (κ2) is 9.23. The molecule has 1 amide bonds.